The zero-order chi connectivity index (χ0) is 25.9. The number of hydrogen-bond donors (Lipinski definition) is 3. The van der Waals surface area contributed by atoms with Crippen LogP contribution in [0.5, 0.6) is 0 Å². The third kappa shape index (κ3) is 5.83. The average molecular weight is 529 g/mol. The van der Waals surface area contributed by atoms with Gasteiger partial charge < -0.3 is 10.2 Å². The number of nitrogens with zero attached hydrogens (tertiary/aromatic N) is 1. The highest BCUT2D eigenvalue weighted by Gasteiger charge is 2.24. The zero-order valence-electron chi connectivity index (χ0n) is 20.7. The topological polar surface area (TPSA) is 108 Å². The number of aryl methyl sites for hydroxylation is 3. The summed E-state index contributed by atoms with van der Waals surface area (Å²) in [6.07, 6.45) is 0.950. The number of benzene rings is 3. The summed E-state index contributed by atoms with van der Waals surface area (Å²) in [6.45, 7) is 8.72. The third-order valence-corrected chi connectivity index (χ3v) is 9.18. The summed E-state index contributed by atoms with van der Waals surface area (Å²) in [4.78, 5) is 2.44. The van der Waals surface area contributed by atoms with Crippen LogP contribution in [-0.2, 0) is 20.0 Å². The van der Waals surface area contributed by atoms with Crippen molar-refractivity contribution in [3.8, 4) is 0 Å². The number of nitrogens with one attached hydrogen (secondary N) is 3. The molecule has 192 valence electrons. The van der Waals surface area contributed by atoms with Gasteiger partial charge in [0.1, 0.15) is 0 Å². The molecule has 0 saturated carbocycles. The van der Waals surface area contributed by atoms with Crippen LogP contribution in [-0.4, -0.2) is 43.0 Å². The van der Waals surface area contributed by atoms with Gasteiger partial charge >= 0.3 is 0 Å². The highest BCUT2D eigenvalue weighted by molar-refractivity contribution is 7.93. The lowest BCUT2D eigenvalue weighted by molar-refractivity contribution is 0.598. The minimum absolute atomic E-state index is 0.0911. The van der Waals surface area contributed by atoms with E-state index < -0.39 is 20.0 Å². The van der Waals surface area contributed by atoms with Crippen molar-refractivity contribution >= 4 is 37.1 Å². The van der Waals surface area contributed by atoms with Gasteiger partial charge in [-0.2, -0.15) is 0 Å². The molecule has 3 aromatic rings. The van der Waals surface area contributed by atoms with Gasteiger partial charge in [-0.3, -0.25) is 9.44 Å². The molecule has 36 heavy (non-hydrogen) atoms. The molecule has 8 nitrogen and oxygen atoms in total. The predicted octanol–water partition coefficient (Wildman–Crippen LogP) is 4.01. The standard InChI is InChI=1S/C26H32N4O4S2/c1-19-16-20(2)26(21(3)17-19)36(33,34)28-24-11-10-22(30-14-7-12-27-13-15-30)18-25(24)29-35(31,32)23-8-5-4-6-9-23/h4-6,8-11,16-18,27-29H,7,12-15H2,1-3H3. The van der Waals surface area contributed by atoms with Crippen molar-refractivity contribution in [2.45, 2.75) is 37.0 Å². The molecule has 3 N–H and O–H groups in total. The van der Waals surface area contributed by atoms with E-state index in [-0.39, 0.29) is 21.2 Å². The molecular formula is C26H32N4O4S2. The smallest absolute Gasteiger partial charge is 0.262 e. The Kier molecular flexibility index (Phi) is 7.58. The van der Waals surface area contributed by atoms with Gasteiger partial charge in [0.2, 0.25) is 0 Å². The second-order valence-electron chi connectivity index (χ2n) is 9.07. The summed E-state index contributed by atoms with van der Waals surface area (Å²) < 4.78 is 58.5. The van der Waals surface area contributed by atoms with Crippen molar-refractivity contribution < 1.29 is 16.8 Å². The summed E-state index contributed by atoms with van der Waals surface area (Å²) in [5.74, 6) is 0. The zero-order valence-corrected chi connectivity index (χ0v) is 22.3. The second kappa shape index (κ2) is 10.5. The van der Waals surface area contributed by atoms with Gasteiger partial charge in [0.15, 0.2) is 0 Å². The van der Waals surface area contributed by atoms with Crippen molar-refractivity contribution in [1.82, 2.24) is 5.32 Å². The largest absolute Gasteiger partial charge is 0.370 e. The Morgan fingerprint density at radius 3 is 2.11 bits per heavy atom. The van der Waals surface area contributed by atoms with E-state index in [9.17, 15) is 16.8 Å². The fourth-order valence-electron chi connectivity index (χ4n) is 4.60. The van der Waals surface area contributed by atoms with Crippen molar-refractivity contribution in [2.75, 3.05) is 40.5 Å². The molecule has 3 aromatic carbocycles. The lowest BCUT2D eigenvalue weighted by atomic mass is 10.1. The highest BCUT2D eigenvalue weighted by atomic mass is 32.2. The molecular weight excluding hydrogens is 496 g/mol. The van der Waals surface area contributed by atoms with E-state index >= 15 is 0 Å². The van der Waals surface area contributed by atoms with Gasteiger partial charge in [0.05, 0.1) is 21.2 Å². The van der Waals surface area contributed by atoms with E-state index in [1.54, 1.807) is 44.2 Å². The maximum absolute atomic E-state index is 13.5. The Labute approximate surface area is 213 Å². The van der Waals surface area contributed by atoms with E-state index in [4.69, 9.17) is 0 Å². The molecule has 1 aliphatic heterocycles. The van der Waals surface area contributed by atoms with E-state index in [0.29, 0.717) is 11.1 Å². The van der Waals surface area contributed by atoms with Crippen LogP contribution in [0.15, 0.2) is 70.5 Å². The molecule has 0 aromatic heterocycles. The van der Waals surface area contributed by atoms with E-state index in [1.807, 2.05) is 25.1 Å². The van der Waals surface area contributed by atoms with Crippen LogP contribution < -0.4 is 19.7 Å². The summed E-state index contributed by atoms with van der Waals surface area (Å²) in [5.41, 5.74) is 3.36. The summed E-state index contributed by atoms with van der Waals surface area (Å²) in [7, 11) is -7.93. The van der Waals surface area contributed by atoms with Crippen LogP contribution in [0.2, 0.25) is 0 Å². The molecule has 4 rings (SSSR count). The predicted molar refractivity (Wildman–Crippen MR) is 145 cm³/mol. The highest BCUT2D eigenvalue weighted by Crippen LogP contribution is 2.33. The lowest BCUT2D eigenvalue weighted by Crippen LogP contribution is -2.28. The first-order valence-corrected chi connectivity index (χ1v) is 14.8. The average Bonchev–Trinajstić information content (AvgIpc) is 3.09. The monoisotopic (exact) mass is 528 g/mol. The van der Waals surface area contributed by atoms with Crippen molar-refractivity contribution in [3.05, 3.63) is 77.4 Å². The van der Waals surface area contributed by atoms with Gasteiger partial charge in [0, 0.05) is 25.3 Å². The quantitative estimate of drug-likeness (QED) is 0.428. The number of hydrogen-bond acceptors (Lipinski definition) is 6. The third-order valence-electron chi connectivity index (χ3n) is 6.12. The van der Waals surface area contributed by atoms with Gasteiger partial charge in [-0.25, -0.2) is 16.8 Å². The minimum atomic E-state index is -3.99. The van der Waals surface area contributed by atoms with Crippen LogP contribution in [0.4, 0.5) is 17.1 Å². The van der Waals surface area contributed by atoms with Crippen molar-refractivity contribution in [2.24, 2.45) is 0 Å². The maximum Gasteiger partial charge on any atom is 0.262 e. The number of sulfonamides is 2. The van der Waals surface area contributed by atoms with E-state index in [1.165, 1.54) is 12.1 Å². The van der Waals surface area contributed by atoms with E-state index in [0.717, 1.165) is 43.9 Å². The molecule has 0 amide bonds. The Morgan fingerprint density at radius 2 is 1.42 bits per heavy atom. The van der Waals surface area contributed by atoms with Crippen molar-refractivity contribution in [3.63, 3.8) is 0 Å². The SMILES string of the molecule is Cc1cc(C)c(S(=O)(=O)Nc2ccc(N3CCCNCC3)cc2NS(=O)(=O)c2ccccc2)c(C)c1. The second-order valence-corrected chi connectivity index (χ2v) is 12.4. The van der Waals surface area contributed by atoms with Gasteiger partial charge in [-0.15, -0.1) is 0 Å². The van der Waals surface area contributed by atoms with Crippen LogP contribution in [0, 0.1) is 20.8 Å². The van der Waals surface area contributed by atoms with Gasteiger partial charge in [-0.1, -0.05) is 35.9 Å². The first-order valence-electron chi connectivity index (χ1n) is 11.8. The lowest BCUT2D eigenvalue weighted by Gasteiger charge is -2.24. The molecule has 0 radical (unpaired) electrons. The molecule has 1 fully saturated rings. The Hall–Kier alpha value is -3.08. The molecule has 1 aliphatic rings. The fraction of sp³-hybridized carbons (Fsp3) is 0.308. The van der Waals surface area contributed by atoms with Gasteiger partial charge in [0.25, 0.3) is 20.0 Å². The normalized spacial score (nSPS) is 14.8. The molecule has 1 saturated heterocycles. The molecule has 10 heteroatoms. The molecule has 0 atom stereocenters. The van der Waals surface area contributed by atoms with Gasteiger partial charge in [-0.05, 0) is 75.2 Å². The Balaban J connectivity index is 1.76. The fourth-order valence-corrected chi connectivity index (χ4v) is 7.22. The van der Waals surface area contributed by atoms with Crippen LogP contribution >= 0.6 is 0 Å². The first kappa shape index (κ1) is 26.0. The summed E-state index contributed by atoms with van der Waals surface area (Å²) in [6, 6.07) is 16.8. The number of rotatable bonds is 7. The number of anilines is 3. The molecule has 0 aliphatic carbocycles. The summed E-state index contributed by atoms with van der Waals surface area (Å²) >= 11 is 0. The maximum atomic E-state index is 13.5. The minimum Gasteiger partial charge on any atom is -0.370 e. The molecule has 0 unspecified atom stereocenters. The van der Waals surface area contributed by atoms with E-state index in [2.05, 4.69) is 19.7 Å². The molecule has 1 heterocycles. The molecule has 0 bridgehead atoms. The van der Waals surface area contributed by atoms with Crippen molar-refractivity contribution in [1.29, 1.82) is 0 Å². The summed E-state index contributed by atoms with van der Waals surface area (Å²) in [5, 5.41) is 3.35. The van der Waals surface area contributed by atoms with Crippen LogP contribution in [0.25, 0.3) is 0 Å². The Morgan fingerprint density at radius 1 is 0.750 bits per heavy atom. The van der Waals surface area contributed by atoms with Crippen LogP contribution in [0.3, 0.4) is 0 Å². The Bertz CT molecular complexity index is 1430. The van der Waals surface area contributed by atoms with Crippen LogP contribution in [0.1, 0.15) is 23.1 Å². The molecule has 0 spiro atoms. The first-order chi connectivity index (χ1) is 17.1.